The second kappa shape index (κ2) is 13.8. The minimum Gasteiger partial charge on any atom is -0.493 e. The van der Waals surface area contributed by atoms with Crippen molar-refractivity contribution in [3.63, 3.8) is 0 Å². The molecular formula is C24H41FO2. The van der Waals surface area contributed by atoms with Crippen LogP contribution in [0.2, 0.25) is 0 Å². The molecule has 27 heavy (non-hydrogen) atoms. The molecule has 0 aliphatic rings. The first-order chi connectivity index (χ1) is 13.0. The highest BCUT2D eigenvalue weighted by Crippen LogP contribution is 2.27. The molecule has 0 amide bonds. The van der Waals surface area contributed by atoms with Gasteiger partial charge in [0.15, 0.2) is 11.6 Å². The quantitative estimate of drug-likeness (QED) is 0.270. The molecule has 0 atom stereocenters. The van der Waals surface area contributed by atoms with Gasteiger partial charge in [-0.3, -0.25) is 0 Å². The molecule has 0 radical (unpaired) electrons. The summed E-state index contributed by atoms with van der Waals surface area (Å²) >= 11 is 0. The van der Waals surface area contributed by atoms with Crippen molar-refractivity contribution in [1.29, 1.82) is 0 Å². The molecule has 3 heteroatoms. The van der Waals surface area contributed by atoms with Gasteiger partial charge in [-0.1, -0.05) is 78.1 Å². The van der Waals surface area contributed by atoms with Crippen LogP contribution < -0.4 is 9.47 Å². The molecular weight excluding hydrogens is 339 g/mol. The van der Waals surface area contributed by atoms with E-state index in [9.17, 15) is 4.39 Å². The second-order valence-corrected chi connectivity index (χ2v) is 8.19. The van der Waals surface area contributed by atoms with Crippen LogP contribution in [-0.2, 0) is 0 Å². The van der Waals surface area contributed by atoms with Gasteiger partial charge in [-0.2, -0.15) is 0 Å². The number of benzene rings is 1. The van der Waals surface area contributed by atoms with Crippen LogP contribution in [0.15, 0.2) is 18.2 Å². The Hall–Kier alpha value is -1.25. The number of hydrogen-bond donors (Lipinski definition) is 0. The molecule has 1 aromatic carbocycles. The molecule has 0 aliphatic heterocycles. The Kier molecular flexibility index (Phi) is 12.2. The average molecular weight is 381 g/mol. The van der Waals surface area contributed by atoms with Crippen molar-refractivity contribution in [3.8, 4) is 11.5 Å². The minimum atomic E-state index is -0.362. The molecule has 0 spiro atoms. The van der Waals surface area contributed by atoms with E-state index in [1.54, 1.807) is 12.1 Å². The number of halogens is 1. The first-order valence-electron chi connectivity index (χ1n) is 11.1. The highest BCUT2D eigenvalue weighted by Gasteiger charge is 2.19. The van der Waals surface area contributed by atoms with Crippen LogP contribution in [-0.4, -0.2) is 12.2 Å². The summed E-state index contributed by atoms with van der Waals surface area (Å²) in [6.45, 7) is 8.87. The normalized spacial score (nSPS) is 11.6. The van der Waals surface area contributed by atoms with E-state index in [0.29, 0.717) is 18.1 Å². The van der Waals surface area contributed by atoms with E-state index >= 15 is 0 Å². The summed E-state index contributed by atoms with van der Waals surface area (Å²) in [6, 6.07) is 4.89. The predicted molar refractivity (Wildman–Crippen MR) is 113 cm³/mol. The van der Waals surface area contributed by atoms with Crippen LogP contribution in [0.5, 0.6) is 11.5 Å². The lowest BCUT2D eigenvalue weighted by Crippen LogP contribution is -2.27. The molecule has 0 saturated carbocycles. The Bertz CT molecular complexity index is 499. The highest BCUT2D eigenvalue weighted by atomic mass is 19.1. The molecule has 0 fully saturated rings. The van der Waals surface area contributed by atoms with Gasteiger partial charge in [0.05, 0.1) is 6.61 Å². The van der Waals surface area contributed by atoms with E-state index in [1.165, 1.54) is 70.3 Å². The minimum absolute atomic E-state index is 0.295. The Morgan fingerprint density at radius 3 is 1.89 bits per heavy atom. The Labute approximate surface area is 166 Å². The topological polar surface area (TPSA) is 18.5 Å². The number of unbranched alkanes of at least 4 members (excludes halogenated alkanes) is 10. The maximum absolute atomic E-state index is 14.2. The van der Waals surface area contributed by atoms with Gasteiger partial charge in [0, 0.05) is 6.07 Å². The van der Waals surface area contributed by atoms with Gasteiger partial charge in [0.25, 0.3) is 0 Å². The lowest BCUT2D eigenvalue weighted by atomic mass is 10.1. The predicted octanol–water partition coefficient (Wildman–Crippen LogP) is 8.08. The number of hydrogen-bond acceptors (Lipinski definition) is 2. The van der Waals surface area contributed by atoms with Gasteiger partial charge in [0.2, 0.25) is 0 Å². The Balaban J connectivity index is 2.09. The number of rotatable bonds is 16. The molecule has 0 aromatic heterocycles. The maximum atomic E-state index is 14.2. The molecule has 0 bridgehead atoms. The first kappa shape index (κ1) is 23.8. The SMILES string of the molecule is CCCCCCCCCCCCCOc1ccc(OC(C)(C)CC)c(F)c1. The Morgan fingerprint density at radius 1 is 0.815 bits per heavy atom. The third kappa shape index (κ3) is 11.2. The summed E-state index contributed by atoms with van der Waals surface area (Å²) in [5.74, 6) is 0.526. The molecule has 0 N–H and O–H groups in total. The number of ether oxygens (including phenoxy) is 2. The third-order valence-corrected chi connectivity index (χ3v) is 5.16. The summed E-state index contributed by atoms with van der Waals surface area (Å²) in [5, 5.41) is 0. The fourth-order valence-electron chi connectivity index (χ4n) is 2.98. The average Bonchev–Trinajstić information content (AvgIpc) is 2.64. The molecule has 0 heterocycles. The molecule has 0 aliphatic carbocycles. The smallest absolute Gasteiger partial charge is 0.168 e. The molecule has 0 unspecified atom stereocenters. The van der Waals surface area contributed by atoms with Crippen LogP contribution in [0.4, 0.5) is 4.39 Å². The van der Waals surface area contributed by atoms with Crippen LogP contribution in [0.3, 0.4) is 0 Å². The zero-order valence-corrected chi connectivity index (χ0v) is 18.1. The van der Waals surface area contributed by atoms with Gasteiger partial charge in [-0.15, -0.1) is 0 Å². The fourth-order valence-corrected chi connectivity index (χ4v) is 2.98. The van der Waals surface area contributed by atoms with E-state index in [-0.39, 0.29) is 11.4 Å². The lowest BCUT2D eigenvalue weighted by molar-refractivity contribution is 0.0992. The molecule has 2 nitrogen and oxygen atoms in total. The zero-order chi connectivity index (χ0) is 20.0. The maximum Gasteiger partial charge on any atom is 0.168 e. The van der Waals surface area contributed by atoms with Gasteiger partial charge in [0.1, 0.15) is 11.4 Å². The third-order valence-electron chi connectivity index (χ3n) is 5.16. The van der Waals surface area contributed by atoms with Crippen molar-refractivity contribution in [1.82, 2.24) is 0 Å². The molecule has 1 rings (SSSR count). The summed E-state index contributed by atoms with van der Waals surface area (Å²) in [7, 11) is 0. The summed E-state index contributed by atoms with van der Waals surface area (Å²) in [4.78, 5) is 0. The van der Waals surface area contributed by atoms with Gasteiger partial charge < -0.3 is 9.47 Å². The van der Waals surface area contributed by atoms with Crippen molar-refractivity contribution < 1.29 is 13.9 Å². The van der Waals surface area contributed by atoms with E-state index in [4.69, 9.17) is 9.47 Å². The van der Waals surface area contributed by atoms with Crippen molar-refractivity contribution in [2.45, 2.75) is 110 Å². The van der Waals surface area contributed by atoms with Gasteiger partial charge in [-0.25, -0.2) is 4.39 Å². The van der Waals surface area contributed by atoms with E-state index in [2.05, 4.69) is 6.92 Å². The summed E-state index contributed by atoms with van der Waals surface area (Å²) in [5.41, 5.74) is -0.362. The Morgan fingerprint density at radius 2 is 1.37 bits per heavy atom. The lowest BCUT2D eigenvalue weighted by Gasteiger charge is -2.25. The van der Waals surface area contributed by atoms with Gasteiger partial charge >= 0.3 is 0 Å². The van der Waals surface area contributed by atoms with E-state index in [0.717, 1.165) is 12.8 Å². The zero-order valence-electron chi connectivity index (χ0n) is 18.1. The highest BCUT2D eigenvalue weighted by molar-refractivity contribution is 5.33. The summed E-state index contributed by atoms with van der Waals surface area (Å²) in [6.07, 6.45) is 15.3. The van der Waals surface area contributed by atoms with Crippen LogP contribution in [0.1, 0.15) is 105 Å². The van der Waals surface area contributed by atoms with Crippen molar-refractivity contribution in [2.75, 3.05) is 6.61 Å². The molecule has 0 saturated heterocycles. The fraction of sp³-hybridized carbons (Fsp3) is 0.750. The van der Waals surface area contributed by atoms with Crippen molar-refractivity contribution in [2.24, 2.45) is 0 Å². The van der Waals surface area contributed by atoms with E-state index in [1.807, 2.05) is 20.8 Å². The van der Waals surface area contributed by atoms with Crippen molar-refractivity contribution in [3.05, 3.63) is 24.0 Å². The van der Waals surface area contributed by atoms with E-state index < -0.39 is 0 Å². The monoisotopic (exact) mass is 380 g/mol. The largest absolute Gasteiger partial charge is 0.493 e. The van der Waals surface area contributed by atoms with Crippen molar-refractivity contribution >= 4 is 0 Å². The van der Waals surface area contributed by atoms with Crippen LogP contribution in [0, 0.1) is 5.82 Å². The summed E-state index contributed by atoms with van der Waals surface area (Å²) < 4.78 is 25.6. The van der Waals surface area contributed by atoms with Crippen LogP contribution in [0.25, 0.3) is 0 Å². The standard InChI is InChI=1S/C24H41FO2/c1-5-7-8-9-10-11-12-13-14-15-16-19-26-21-17-18-23(22(25)20-21)27-24(3,4)6-2/h17-18,20H,5-16,19H2,1-4H3. The van der Waals surface area contributed by atoms with Gasteiger partial charge in [-0.05, 0) is 38.8 Å². The molecule has 156 valence electrons. The molecule has 1 aromatic rings. The first-order valence-corrected chi connectivity index (χ1v) is 11.1. The second-order valence-electron chi connectivity index (χ2n) is 8.19. The van der Waals surface area contributed by atoms with Crippen LogP contribution >= 0.6 is 0 Å².